The number of rotatable bonds is 4. The van der Waals surface area contributed by atoms with Gasteiger partial charge < -0.3 is 14.5 Å². The van der Waals surface area contributed by atoms with Gasteiger partial charge in [-0.25, -0.2) is 9.78 Å². The Morgan fingerprint density at radius 2 is 1.68 bits per heavy atom. The third-order valence-corrected chi connectivity index (χ3v) is 5.55. The first-order valence-corrected chi connectivity index (χ1v) is 11.6. The van der Waals surface area contributed by atoms with Crippen molar-refractivity contribution in [1.29, 1.82) is 0 Å². The molecule has 7 nitrogen and oxygen atoms in total. The Balaban J connectivity index is 1.48. The van der Waals surface area contributed by atoms with Crippen LogP contribution in [0.1, 0.15) is 43.2 Å². The molecule has 0 bridgehead atoms. The summed E-state index contributed by atoms with van der Waals surface area (Å²) in [6, 6.07) is 17.2. The van der Waals surface area contributed by atoms with E-state index in [2.05, 4.69) is 14.9 Å². The third kappa shape index (κ3) is 5.78. The fraction of sp³-hybridized carbons (Fsp3) is 0.333. The summed E-state index contributed by atoms with van der Waals surface area (Å²) in [5.74, 6) is 0.557. The van der Waals surface area contributed by atoms with Gasteiger partial charge in [0.1, 0.15) is 17.1 Å². The minimum atomic E-state index is -0.522. The highest BCUT2D eigenvalue weighted by Gasteiger charge is 2.25. The maximum atomic E-state index is 13.2. The highest BCUT2D eigenvalue weighted by molar-refractivity contribution is 6.08. The smallest absolute Gasteiger partial charge is 0.410 e. The van der Waals surface area contributed by atoms with E-state index in [1.54, 1.807) is 23.4 Å². The van der Waals surface area contributed by atoms with Gasteiger partial charge in [-0.3, -0.25) is 9.78 Å². The number of nitrogens with zero attached hydrogens (tertiary/aromatic N) is 4. The van der Waals surface area contributed by atoms with Crippen molar-refractivity contribution in [3.05, 3.63) is 78.2 Å². The molecule has 1 aromatic carbocycles. The Kier molecular flexibility index (Phi) is 6.91. The molecular weight excluding hydrogens is 428 g/mol. The average molecular weight is 459 g/mol. The number of ketones is 1. The number of amides is 1. The molecule has 4 rings (SSSR count). The molecule has 1 saturated heterocycles. The first-order chi connectivity index (χ1) is 16.3. The van der Waals surface area contributed by atoms with Crippen LogP contribution in [-0.4, -0.2) is 58.5 Å². The van der Waals surface area contributed by atoms with Crippen molar-refractivity contribution in [2.75, 3.05) is 31.1 Å². The van der Waals surface area contributed by atoms with E-state index in [0.717, 1.165) is 29.9 Å². The van der Waals surface area contributed by atoms with Crippen LogP contribution in [0.4, 0.5) is 10.6 Å². The molecule has 34 heavy (non-hydrogen) atoms. The molecule has 0 atom stereocenters. The van der Waals surface area contributed by atoms with Gasteiger partial charge in [0.05, 0.1) is 0 Å². The van der Waals surface area contributed by atoms with Gasteiger partial charge in [-0.05, 0) is 51.0 Å². The van der Waals surface area contributed by atoms with E-state index in [0.29, 0.717) is 30.9 Å². The van der Waals surface area contributed by atoms with Crippen LogP contribution in [0.5, 0.6) is 0 Å². The van der Waals surface area contributed by atoms with Gasteiger partial charge in [0.15, 0.2) is 0 Å². The van der Waals surface area contributed by atoms with Gasteiger partial charge in [0, 0.05) is 49.7 Å². The Hall–Kier alpha value is -3.74. The van der Waals surface area contributed by atoms with Crippen LogP contribution in [-0.2, 0) is 4.74 Å². The largest absolute Gasteiger partial charge is 0.444 e. The predicted octanol–water partition coefficient (Wildman–Crippen LogP) is 4.82. The zero-order valence-corrected chi connectivity index (χ0v) is 19.9. The molecule has 3 aromatic rings. The summed E-state index contributed by atoms with van der Waals surface area (Å²) in [5.41, 5.74) is 2.24. The van der Waals surface area contributed by atoms with Crippen LogP contribution in [0.3, 0.4) is 0 Å². The molecule has 3 heterocycles. The van der Waals surface area contributed by atoms with Gasteiger partial charge in [0.2, 0.25) is 5.78 Å². The number of benzene rings is 1. The maximum absolute atomic E-state index is 13.2. The SMILES string of the molecule is CC(C)(C)OC(=O)N1CCCN(c2cccc(C(=O)c3cncc(-c4ccccc4)c3)n2)CC1. The standard InChI is InChI=1S/C27H30N4O3/c1-27(2,3)34-26(33)31-14-8-13-30(15-16-31)24-12-7-11-23(29-24)25(32)22-17-21(18-28-19-22)20-9-5-4-6-10-20/h4-7,9-12,17-19H,8,13-16H2,1-3H3. The van der Waals surface area contributed by atoms with Crippen molar-refractivity contribution in [3.63, 3.8) is 0 Å². The van der Waals surface area contributed by atoms with Crippen LogP contribution in [0.15, 0.2) is 67.0 Å². The summed E-state index contributed by atoms with van der Waals surface area (Å²) in [7, 11) is 0. The lowest BCUT2D eigenvalue weighted by atomic mass is 10.0. The zero-order chi connectivity index (χ0) is 24.1. The van der Waals surface area contributed by atoms with Crippen molar-refractivity contribution in [3.8, 4) is 11.1 Å². The molecule has 0 aliphatic carbocycles. The quantitative estimate of drug-likeness (QED) is 0.522. The molecule has 176 valence electrons. The molecule has 0 unspecified atom stereocenters. The molecule has 7 heteroatoms. The third-order valence-electron chi connectivity index (χ3n) is 5.55. The molecule has 0 saturated carbocycles. The first-order valence-electron chi connectivity index (χ1n) is 11.6. The lowest BCUT2D eigenvalue weighted by Crippen LogP contribution is -2.39. The van der Waals surface area contributed by atoms with E-state index in [-0.39, 0.29) is 11.9 Å². The van der Waals surface area contributed by atoms with Gasteiger partial charge in [-0.2, -0.15) is 0 Å². The summed E-state index contributed by atoms with van der Waals surface area (Å²) in [5, 5.41) is 0. The van der Waals surface area contributed by atoms with Crippen molar-refractivity contribution >= 4 is 17.7 Å². The molecule has 0 N–H and O–H groups in total. The Morgan fingerprint density at radius 3 is 2.44 bits per heavy atom. The minimum Gasteiger partial charge on any atom is -0.444 e. The van der Waals surface area contributed by atoms with Crippen LogP contribution < -0.4 is 4.90 Å². The summed E-state index contributed by atoms with van der Waals surface area (Å²) < 4.78 is 5.52. The predicted molar refractivity (Wildman–Crippen MR) is 132 cm³/mol. The number of carbonyl (C=O) groups excluding carboxylic acids is 2. The van der Waals surface area contributed by atoms with Crippen molar-refractivity contribution in [2.24, 2.45) is 0 Å². The number of carbonyl (C=O) groups is 2. The topological polar surface area (TPSA) is 75.6 Å². The zero-order valence-electron chi connectivity index (χ0n) is 19.9. The highest BCUT2D eigenvalue weighted by Crippen LogP contribution is 2.21. The second-order valence-corrected chi connectivity index (χ2v) is 9.35. The summed E-state index contributed by atoms with van der Waals surface area (Å²) in [4.78, 5) is 38.5. The number of aromatic nitrogens is 2. The Labute approximate surface area is 200 Å². The van der Waals surface area contributed by atoms with E-state index < -0.39 is 5.60 Å². The minimum absolute atomic E-state index is 0.169. The van der Waals surface area contributed by atoms with Gasteiger partial charge in [-0.15, -0.1) is 0 Å². The summed E-state index contributed by atoms with van der Waals surface area (Å²) >= 11 is 0. The van der Waals surface area contributed by atoms with E-state index in [9.17, 15) is 9.59 Å². The number of hydrogen-bond acceptors (Lipinski definition) is 6. The number of pyridine rings is 2. The lowest BCUT2D eigenvalue weighted by molar-refractivity contribution is 0.0263. The number of anilines is 1. The van der Waals surface area contributed by atoms with E-state index in [4.69, 9.17) is 4.74 Å². The molecule has 2 aromatic heterocycles. The molecule has 1 fully saturated rings. The van der Waals surface area contributed by atoms with Crippen LogP contribution in [0.2, 0.25) is 0 Å². The van der Waals surface area contributed by atoms with Gasteiger partial charge >= 0.3 is 6.09 Å². The molecular formula is C27H30N4O3. The molecule has 1 aliphatic heterocycles. The molecule has 0 radical (unpaired) electrons. The Morgan fingerprint density at radius 1 is 0.882 bits per heavy atom. The highest BCUT2D eigenvalue weighted by atomic mass is 16.6. The monoisotopic (exact) mass is 458 g/mol. The number of ether oxygens (including phenoxy) is 1. The summed E-state index contributed by atoms with van der Waals surface area (Å²) in [6.07, 6.45) is 3.83. The fourth-order valence-corrected chi connectivity index (χ4v) is 3.88. The van der Waals surface area contributed by atoms with E-state index in [1.165, 1.54) is 0 Å². The Bertz CT molecular complexity index is 1160. The lowest BCUT2D eigenvalue weighted by Gasteiger charge is -2.26. The average Bonchev–Trinajstić information content (AvgIpc) is 3.10. The van der Waals surface area contributed by atoms with Gasteiger partial charge in [0.25, 0.3) is 0 Å². The first kappa shape index (κ1) is 23.4. The molecule has 0 spiro atoms. The second kappa shape index (κ2) is 10.0. The second-order valence-electron chi connectivity index (χ2n) is 9.35. The van der Waals surface area contributed by atoms with Crippen LogP contribution in [0.25, 0.3) is 11.1 Å². The van der Waals surface area contributed by atoms with E-state index in [1.807, 2.05) is 69.3 Å². The van der Waals surface area contributed by atoms with Crippen LogP contribution >= 0.6 is 0 Å². The van der Waals surface area contributed by atoms with Crippen molar-refractivity contribution < 1.29 is 14.3 Å². The van der Waals surface area contributed by atoms with Crippen LogP contribution in [0, 0.1) is 0 Å². The molecule has 1 aliphatic rings. The molecule has 1 amide bonds. The summed E-state index contributed by atoms with van der Waals surface area (Å²) in [6.45, 7) is 8.13. The van der Waals surface area contributed by atoms with Crippen molar-refractivity contribution in [1.82, 2.24) is 14.9 Å². The van der Waals surface area contributed by atoms with Crippen molar-refractivity contribution in [2.45, 2.75) is 32.8 Å². The number of hydrogen-bond donors (Lipinski definition) is 0. The normalized spacial score (nSPS) is 14.4. The fourth-order valence-electron chi connectivity index (χ4n) is 3.88. The maximum Gasteiger partial charge on any atom is 0.410 e. The van der Waals surface area contributed by atoms with Gasteiger partial charge in [-0.1, -0.05) is 36.4 Å². The van der Waals surface area contributed by atoms with E-state index >= 15 is 0 Å².